The van der Waals surface area contributed by atoms with Crippen molar-refractivity contribution in [3.8, 4) is 17.2 Å². The van der Waals surface area contributed by atoms with Crippen LogP contribution < -0.4 is 19.1 Å². The quantitative estimate of drug-likeness (QED) is 0.495. The SMILES string of the molecule is COc1ccc(C2C(C(=O)N3CCN(c4ccccc4OC)CC3)c3ccccc3C(=O)N2C)cc1OC. The summed E-state index contributed by atoms with van der Waals surface area (Å²) >= 11 is 0. The number of amides is 2. The molecule has 0 N–H and O–H groups in total. The summed E-state index contributed by atoms with van der Waals surface area (Å²) in [6, 6.07) is 20.5. The van der Waals surface area contributed by atoms with Gasteiger partial charge in [-0.15, -0.1) is 0 Å². The van der Waals surface area contributed by atoms with Gasteiger partial charge in [-0.25, -0.2) is 0 Å². The Kier molecular flexibility index (Phi) is 7.13. The molecule has 0 bridgehead atoms. The third-order valence-electron chi connectivity index (χ3n) is 7.61. The van der Waals surface area contributed by atoms with E-state index in [0.717, 1.165) is 22.6 Å². The highest BCUT2D eigenvalue weighted by Crippen LogP contribution is 2.45. The Bertz CT molecular complexity index is 1330. The first kappa shape index (κ1) is 25.4. The molecule has 1 fully saturated rings. The molecule has 198 valence electrons. The van der Waals surface area contributed by atoms with Gasteiger partial charge < -0.3 is 28.9 Å². The summed E-state index contributed by atoms with van der Waals surface area (Å²) in [4.78, 5) is 33.5. The van der Waals surface area contributed by atoms with E-state index in [9.17, 15) is 9.59 Å². The average Bonchev–Trinajstić information content (AvgIpc) is 2.98. The molecule has 2 atom stereocenters. The maximum absolute atomic E-state index is 14.3. The van der Waals surface area contributed by atoms with Gasteiger partial charge in [0.1, 0.15) is 5.75 Å². The lowest BCUT2D eigenvalue weighted by molar-refractivity contribution is -0.134. The van der Waals surface area contributed by atoms with E-state index in [1.54, 1.807) is 39.3 Å². The summed E-state index contributed by atoms with van der Waals surface area (Å²) in [5.41, 5.74) is 3.17. The van der Waals surface area contributed by atoms with Crippen LogP contribution in [0.3, 0.4) is 0 Å². The molecule has 0 spiro atoms. The molecule has 8 heteroatoms. The summed E-state index contributed by atoms with van der Waals surface area (Å²) in [5, 5.41) is 0. The fourth-order valence-corrected chi connectivity index (χ4v) is 5.65. The number of benzene rings is 3. The Morgan fingerprint density at radius 3 is 2.16 bits per heavy atom. The van der Waals surface area contributed by atoms with Crippen LogP contribution in [-0.4, -0.2) is 76.2 Å². The molecule has 8 nitrogen and oxygen atoms in total. The van der Waals surface area contributed by atoms with Crippen molar-refractivity contribution in [1.82, 2.24) is 9.80 Å². The highest BCUT2D eigenvalue weighted by molar-refractivity contribution is 6.01. The zero-order valence-corrected chi connectivity index (χ0v) is 22.2. The van der Waals surface area contributed by atoms with Crippen molar-refractivity contribution in [2.24, 2.45) is 0 Å². The first-order valence-corrected chi connectivity index (χ1v) is 12.7. The molecule has 0 aliphatic carbocycles. The summed E-state index contributed by atoms with van der Waals surface area (Å²) in [6.07, 6.45) is 0. The van der Waals surface area contributed by atoms with E-state index in [2.05, 4.69) is 4.90 Å². The molecule has 0 saturated carbocycles. The number of nitrogens with zero attached hydrogens (tertiary/aromatic N) is 3. The third kappa shape index (κ3) is 4.40. The number of hydrogen-bond acceptors (Lipinski definition) is 6. The number of ether oxygens (including phenoxy) is 3. The average molecular weight is 516 g/mol. The molecule has 1 saturated heterocycles. The Morgan fingerprint density at radius 2 is 1.45 bits per heavy atom. The van der Waals surface area contributed by atoms with Crippen LogP contribution in [0.25, 0.3) is 0 Å². The van der Waals surface area contributed by atoms with E-state index < -0.39 is 12.0 Å². The van der Waals surface area contributed by atoms with Crippen molar-refractivity contribution in [3.05, 3.63) is 83.4 Å². The zero-order valence-electron chi connectivity index (χ0n) is 22.2. The van der Waals surface area contributed by atoms with E-state index in [1.807, 2.05) is 65.6 Å². The van der Waals surface area contributed by atoms with Crippen LogP contribution in [0, 0.1) is 0 Å². The van der Waals surface area contributed by atoms with Gasteiger partial charge in [0.15, 0.2) is 11.5 Å². The maximum Gasteiger partial charge on any atom is 0.254 e. The molecule has 2 heterocycles. The molecular weight excluding hydrogens is 482 g/mol. The predicted molar refractivity (Wildman–Crippen MR) is 145 cm³/mol. The molecular formula is C30H33N3O5. The van der Waals surface area contributed by atoms with Crippen molar-refractivity contribution < 1.29 is 23.8 Å². The lowest BCUT2D eigenvalue weighted by Gasteiger charge is -2.43. The molecule has 3 aromatic rings. The van der Waals surface area contributed by atoms with Crippen LogP contribution in [0.1, 0.15) is 33.4 Å². The number of methoxy groups -OCH3 is 3. The molecule has 2 aliphatic rings. The number of carbonyl (C=O) groups is 2. The minimum atomic E-state index is -0.551. The standard InChI is InChI=1S/C30H33N3O5/c1-31-28(20-13-14-25(37-3)26(19-20)38-4)27(21-9-5-6-10-22(21)29(31)34)30(35)33-17-15-32(16-18-33)23-11-7-8-12-24(23)36-2/h5-14,19,27-28H,15-18H2,1-4H3. The largest absolute Gasteiger partial charge is 0.495 e. The number of carbonyl (C=O) groups excluding carboxylic acids is 2. The van der Waals surface area contributed by atoms with Crippen LogP contribution >= 0.6 is 0 Å². The summed E-state index contributed by atoms with van der Waals surface area (Å²) < 4.78 is 16.5. The van der Waals surface area contributed by atoms with Gasteiger partial charge in [-0.05, 0) is 41.5 Å². The minimum absolute atomic E-state index is 0.0104. The number of likely N-dealkylation sites (N-methyl/N-ethyl adjacent to an activating group) is 1. The van der Waals surface area contributed by atoms with Gasteiger partial charge in [0.25, 0.3) is 5.91 Å². The summed E-state index contributed by atoms with van der Waals surface area (Å²) in [5.74, 6) is 1.33. The second kappa shape index (κ2) is 10.7. The third-order valence-corrected chi connectivity index (χ3v) is 7.61. The van der Waals surface area contributed by atoms with Gasteiger partial charge in [-0.1, -0.05) is 36.4 Å². The molecule has 0 radical (unpaired) electrons. The lowest BCUT2D eigenvalue weighted by atomic mass is 9.79. The van der Waals surface area contributed by atoms with E-state index >= 15 is 0 Å². The van der Waals surface area contributed by atoms with Crippen LogP contribution in [0.5, 0.6) is 17.2 Å². The fraction of sp³-hybridized carbons (Fsp3) is 0.333. The molecule has 2 aliphatic heterocycles. The van der Waals surface area contributed by atoms with Gasteiger partial charge in [-0.2, -0.15) is 0 Å². The van der Waals surface area contributed by atoms with Gasteiger partial charge in [-0.3, -0.25) is 9.59 Å². The van der Waals surface area contributed by atoms with Crippen LogP contribution in [0.4, 0.5) is 5.69 Å². The number of anilines is 1. The Morgan fingerprint density at radius 1 is 0.789 bits per heavy atom. The zero-order chi connectivity index (χ0) is 26.8. The van der Waals surface area contributed by atoms with Crippen molar-refractivity contribution in [2.45, 2.75) is 12.0 Å². The normalized spacial score (nSPS) is 19.2. The van der Waals surface area contributed by atoms with Crippen molar-refractivity contribution in [1.29, 1.82) is 0 Å². The Balaban J connectivity index is 1.48. The minimum Gasteiger partial charge on any atom is -0.495 e. The number of piperazine rings is 1. The maximum atomic E-state index is 14.3. The van der Waals surface area contributed by atoms with E-state index in [1.165, 1.54) is 0 Å². The smallest absolute Gasteiger partial charge is 0.254 e. The van der Waals surface area contributed by atoms with Gasteiger partial charge >= 0.3 is 0 Å². The van der Waals surface area contributed by atoms with Crippen LogP contribution in [-0.2, 0) is 4.79 Å². The molecule has 0 aromatic heterocycles. The Hall–Kier alpha value is -4.20. The van der Waals surface area contributed by atoms with E-state index in [4.69, 9.17) is 14.2 Å². The van der Waals surface area contributed by atoms with E-state index in [0.29, 0.717) is 43.2 Å². The fourth-order valence-electron chi connectivity index (χ4n) is 5.65. The monoisotopic (exact) mass is 515 g/mol. The number of rotatable bonds is 6. The summed E-state index contributed by atoms with van der Waals surface area (Å²) in [6.45, 7) is 2.53. The summed E-state index contributed by atoms with van der Waals surface area (Å²) in [7, 11) is 6.60. The molecule has 3 aromatic carbocycles. The second-order valence-electron chi connectivity index (χ2n) is 9.52. The van der Waals surface area contributed by atoms with Crippen molar-refractivity contribution in [3.63, 3.8) is 0 Å². The molecule has 5 rings (SSSR count). The second-order valence-corrected chi connectivity index (χ2v) is 9.52. The first-order chi connectivity index (χ1) is 18.5. The van der Waals surface area contributed by atoms with Gasteiger partial charge in [0.05, 0.1) is 39.0 Å². The number of fused-ring (bicyclic) bond motifs is 1. The molecule has 38 heavy (non-hydrogen) atoms. The Labute approximate surface area is 223 Å². The van der Waals surface area contributed by atoms with Crippen molar-refractivity contribution in [2.75, 3.05) is 59.5 Å². The predicted octanol–water partition coefficient (Wildman–Crippen LogP) is 3.97. The molecule has 2 amide bonds. The van der Waals surface area contributed by atoms with Gasteiger partial charge in [0.2, 0.25) is 5.91 Å². The van der Waals surface area contributed by atoms with Crippen LogP contribution in [0.2, 0.25) is 0 Å². The topological polar surface area (TPSA) is 71.6 Å². The number of para-hydroxylation sites is 2. The first-order valence-electron chi connectivity index (χ1n) is 12.7. The van der Waals surface area contributed by atoms with Crippen molar-refractivity contribution >= 4 is 17.5 Å². The van der Waals surface area contributed by atoms with E-state index in [-0.39, 0.29) is 11.8 Å². The highest BCUT2D eigenvalue weighted by Gasteiger charge is 2.44. The van der Waals surface area contributed by atoms with Gasteiger partial charge in [0, 0.05) is 38.8 Å². The lowest BCUT2D eigenvalue weighted by Crippen LogP contribution is -2.53. The highest BCUT2D eigenvalue weighted by atomic mass is 16.5. The molecule has 2 unspecified atom stereocenters. The van der Waals surface area contributed by atoms with Crippen LogP contribution in [0.15, 0.2) is 66.7 Å². The number of hydrogen-bond donors (Lipinski definition) is 0.